The van der Waals surface area contributed by atoms with Crippen molar-refractivity contribution in [1.82, 2.24) is 0 Å². The molecule has 0 aromatic heterocycles. The number of hydrogen-bond acceptors (Lipinski definition) is 3. The maximum atomic E-state index is 12.9. The molecule has 0 radical (unpaired) electrons. The SMILES string of the molecule is CCCC1(c2ccc(Oc3ccc(Cl)cc3)cc2)CCCCS1(=O)=O. The van der Waals surface area contributed by atoms with Crippen molar-refractivity contribution in [3.8, 4) is 11.5 Å². The van der Waals surface area contributed by atoms with E-state index in [0.717, 1.165) is 24.8 Å². The van der Waals surface area contributed by atoms with E-state index in [1.165, 1.54) is 0 Å². The number of sulfone groups is 1. The van der Waals surface area contributed by atoms with E-state index in [9.17, 15) is 8.42 Å². The molecule has 1 aliphatic heterocycles. The van der Waals surface area contributed by atoms with E-state index >= 15 is 0 Å². The maximum absolute atomic E-state index is 12.9. The lowest BCUT2D eigenvalue weighted by Crippen LogP contribution is -2.40. The monoisotopic (exact) mass is 378 g/mol. The number of ether oxygens (including phenoxy) is 1. The molecule has 0 N–H and O–H groups in total. The van der Waals surface area contributed by atoms with Gasteiger partial charge < -0.3 is 4.74 Å². The molecule has 0 amide bonds. The lowest BCUT2D eigenvalue weighted by molar-refractivity contribution is 0.424. The first-order chi connectivity index (χ1) is 12.0. The molecule has 1 saturated heterocycles. The number of rotatable bonds is 5. The lowest BCUT2D eigenvalue weighted by Gasteiger charge is -2.37. The molecule has 2 aromatic carbocycles. The summed E-state index contributed by atoms with van der Waals surface area (Å²) in [4.78, 5) is 0. The van der Waals surface area contributed by atoms with E-state index in [1.807, 2.05) is 31.2 Å². The van der Waals surface area contributed by atoms with Gasteiger partial charge in [0.15, 0.2) is 9.84 Å². The third kappa shape index (κ3) is 3.70. The zero-order valence-electron chi connectivity index (χ0n) is 14.4. The van der Waals surface area contributed by atoms with E-state index in [2.05, 4.69) is 0 Å². The van der Waals surface area contributed by atoms with Crippen LogP contribution in [0.1, 0.15) is 44.6 Å². The van der Waals surface area contributed by atoms with Gasteiger partial charge in [-0.3, -0.25) is 0 Å². The Bertz CT molecular complexity index is 809. The van der Waals surface area contributed by atoms with E-state index in [0.29, 0.717) is 29.4 Å². The normalized spacial score (nSPS) is 22.5. The number of halogens is 1. The molecule has 1 atom stereocenters. The molecule has 1 aliphatic rings. The first kappa shape index (κ1) is 18.3. The molecule has 5 heteroatoms. The highest BCUT2D eigenvalue weighted by Gasteiger charge is 2.45. The van der Waals surface area contributed by atoms with Gasteiger partial charge in [0.2, 0.25) is 0 Å². The van der Waals surface area contributed by atoms with Crippen molar-refractivity contribution in [3.63, 3.8) is 0 Å². The van der Waals surface area contributed by atoms with Crippen molar-refractivity contribution >= 4 is 21.4 Å². The van der Waals surface area contributed by atoms with Crippen LogP contribution in [0.5, 0.6) is 11.5 Å². The Morgan fingerprint density at radius 3 is 2.16 bits per heavy atom. The molecule has 0 aliphatic carbocycles. The zero-order valence-corrected chi connectivity index (χ0v) is 15.9. The summed E-state index contributed by atoms with van der Waals surface area (Å²) in [5.41, 5.74) is 0.887. The Labute approximate surface area is 154 Å². The van der Waals surface area contributed by atoms with E-state index in [1.54, 1.807) is 24.3 Å². The van der Waals surface area contributed by atoms with Gasteiger partial charge >= 0.3 is 0 Å². The van der Waals surface area contributed by atoms with Crippen molar-refractivity contribution < 1.29 is 13.2 Å². The fraction of sp³-hybridized carbons (Fsp3) is 0.400. The molecule has 1 heterocycles. The Morgan fingerprint density at radius 1 is 1.00 bits per heavy atom. The van der Waals surface area contributed by atoms with Crippen molar-refractivity contribution in [2.45, 2.75) is 43.8 Å². The topological polar surface area (TPSA) is 43.4 Å². The van der Waals surface area contributed by atoms with Gasteiger partial charge in [0.1, 0.15) is 11.5 Å². The van der Waals surface area contributed by atoms with Gasteiger partial charge in [-0.2, -0.15) is 0 Å². The predicted molar refractivity (Wildman–Crippen MR) is 102 cm³/mol. The highest BCUT2D eigenvalue weighted by Crippen LogP contribution is 2.44. The molecule has 3 rings (SSSR count). The Balaban J connectivity index is 1.88. The van der Waals surface area contributed by atoms with Crippen LogP contribution < -0.4 is 4.74 Å². The third-order valence-corrected chi connectivity index (χ3v) is 7.84. The molecular formula is C20H23ClO3S. The molecule has 0 bridgehead atoms. The second kappa shape index (κ2) is 7.38. The number of hydrogen-bond donors (Lipinski definition) is 0. The van der Waals surface area contributed by atoms with Gasteiger partial charge in [0.25, 0.3) is 0 Å². The summed E-state index contributed by atoms with van der Waals surface area (Å²) >= 11 is 5.88. The van der Waals surface area contributed by atoms with Gasteiger partial charge in [-0.15, -0.1) is 0 Å². The van der Waals surface area contributed by atoms with Crippen LogP contribution in [0, 0.1) is 0 Å². The van der Waals surface area contributed by atoms with Crippen molar-refractivity contribution in [3.05, 3.63) is 59.1 Å². The van der Waals surface area contributed by atoms with E-state index in [4.69, 9.17) is 16.3 Å². The van der Waals surface area contributed by atoms with Gasteiger partial charge in [0, 0.05) is 5.02 Å². The van der Waals surface area contributed by atoms with Crippen molar-refractivity contribution in [2.75, 3.05) is 5.75 Å². The fourth-order valence-corrected chi connectivity index (χ4v) is 6.24. The minimum absolute atomic E-state index is 0.288. The Kier molecular flexibility index (Phi) is 5.40. The smallest absolute Gasteiger partial charge is 0.160 e. The highest BCUT2D eigenvalue weighted by molar-refractivity contribution is 7.92. The van der Waals surface area contributed by atoms with E-state index in [-0.39, 0.29) is 5.75 Å². The fourth-order valence-electron chi connectivity index (χ4n) is 3.67. The third-order valence-electron chi connectivity index (χ3n) is 4.92. The van der Waals surface area contributed by atoms with Crippen LogP contribution >= 0.6 is 11.6 Å². The second-order valence-corrected chi connectivity index (χ2v) is 9.46. The van der Waals surface area contributed by atoms with Crippen LogP contribution in [0.2, 0.25) is 5.02 Å². The lowest BCUT2D eigenvalue weighted by atomic mass is 9.88. The summed E-state index contributed by atoms with van der Waals surface area (Å²) in [7, 11) is -3.13. The molecule has 0 spiro atoms. The van der Waals surface area contributed by atoms with Crippen LogP contribution in [-0.2, 0) is 14.6 Å². The standard InChI is InChI=1S/C20H23ClO3S/c1-2-13-20(14-3-4-15-25(20,22)23)16-5-9-18(10-6-16)24-19-11-7-17(21)8-12-19/h5-12H,2-4,13-15H2,1H3. The summed E-state index contributed by atoms with van der Waals surface area (Å²) in [6.07, 6.45) is 3.96. The first-order valence-corrected chi connectivity index (χ1v) is 10.8. The molecular weight excluding hydrogens is 356 g/mol. The highest BCUT2D eigenvalue weighted by atomic mass is 35.5. The molecule has 0 saturated carbocycles. The summed E-state index contributed by atoms with van der Waals surface area (Å²) < 4.78 is 30.8. The van der Waals surface area contributed by atoms with Gasteiger partial charge in [-0.05, 0) is 61.2 Å². The molecule has 3 nitrogen and oxygen atoms in total. The summed E-state index contributed by atoms with van der Waals surface area (Å²) in [6.45, 7) is 2.05. The average molecular weight is 379 g/mol. The minimum atomic E-state index is -3.13. The van der Waals surface area contributed by atoms with Crippen molar-refractivity contribution in [2.24, 2.45) is 0 Å². The second-order valence-electron chi connectivity index (χ2n) is 6.60. The largest absolute Gasteiger partial charge is 0.457 e. The van der Waals surface area contributed by atoms with Crippen LogP contribution in [0.3, 0.4) is 0 Å². The quantitative estimate of drug-likeness (QED) is 0.667. The maximum Gasteiger partial charge on any atom is 0.160 e. The van der Waals surface area contributed by atoms with Gasteiger partial charge in [-0.25, -0.2) is 8.42 Å². The first-order valence-electron chi connectivity index (χ1n) is 8.73. The average Bonchev–Trinajstić information content (AvgIpc) is 2.60. The Morgan fingerprint density at radius 2 is 1.60 bits per heavy atom. The molecule has 25 heavy (non-hydrogen) atoms. The minimum Gasteiger partial charge on any atom is -0.457 e. The van der Waals surface area contributed by atoms with Gasteiger partial charge in [0.05, 0.1) is 10.5 Å². The van der Waals surface area contributed by atoms with Crippen LogP contribution in [0.25, 0.3) is 0 Å². The molecule has 1 fully saturated rings. The van der Waals surface area contributed by atoms with E-state index < -0.39 is 14.6 Å². The predicted octanol–water partition coefficient (Wildman–Crippen LogP) is 5.73. The number of benzene rings is 2. The molecule has 2 aromatic rings. The van der Waals surface area contributed by atoms with Crippen LogP contribution in [0.15, 0.2) is 48.5 Å². The summed E-state index contributed by atoms with van der Waals surface area (Å²) in [5, 5.41) is 0.659. The summed E-state index contributed by atoms with van der Waals surface area (Å²) in [6, 6.07) is 14.7. The molecule has 1 unspecified atom stereocenters. The van der Waals surface area contributed by atoms with Crippen LogP contribution in [0.4, 0.5) is 0 Å². The summed E-state index contributed by atoms with van der Waals surface area (Å²) in [5.74, 6) is 1.67. The Hall–Kier alpha value is -1.52. The molecule has 134 valence electrons. The zero-order chi connectivity index (χ0) is 17.9. The van der Waals surface area contributed by atoms with Crippen LogP contribution in [-0.4, -0.2) is 14.2 Å². The van der Waals surface area contributed by atoms with Crippen molar-refractivity contribution in [1.29, 1.82) is 0 Å². The van der Waals surface area contributed by atoms with Gasteiger partial charge in [-0.1, -0.05) is 43.5 Å².